The van der Waals surface area contributed by atoms with Crippen LogP contribution < -0.4 is 0 Å². The molecular weight excluding hydrogens is 278 g/mol. The molecule has 0 amide bonds. The van der Waals surface area contributed by atoms with E-state index in [1.165, 1.54) is 0 Å². The van der Waals surface area contributed by atoms with Crippen LogP contribution in [0, 0.1) is 5.92 Å². The van der Waals surface area contributed by atoms with Gasteiger partial charge in [0.05, 0.1) is 12.2 Å². The molecule has 1 saturated heterocycles. The third kappa shape index (κ3) is 2.75. The van der Waals surface area contributed by atoms with Crippen LogP contribution in [-0.2, 0) is 9.59 Å². The van der Waals surface area contributed by atoms with E-state index in [2.05, 4.69) is 0 Å². The zero-order valence-corrected chi connectivity index (χ0v) is 10.3. The maximum absolute atomic E-state index is 11.1. The Morgan fingerprint density at radius 2 is 1.80 bits per heavy atom. The lowest BCUT2D eigenvalue weighted by Crippen LogP contribution is -2.69. The van der Waals surface area contributed by atoms with E-state index in [0.29, 0.717) is 4.90 Å². The van der Waals surface area contributed by atoms with E-state index < -0.39 is 61.6 Å². The first kappa shape index (κ1) is 16.8. The van der Waals surface area contributed by atoms with Gasteiger partial charge in [0.25, 0.3) is 5.72 Å². The molecule has 5 atom stereocenters. The zero-order chi connectivity index (χ0) is 15.7. The fraction of sp³-hybridized carbons (Fsp3) is 0.800. The number of aliphatic hydroxyl groups is 5. The molecule has 10 nitrogen and oxygen atoms in total. The highest BCUT2D eigenvalue weighted by Gasteiger charge is 2.55. The number of aliphatic carboxylic acids is 2. The summed E-state index contributed by atoms with van der Waals surface area (Å²) in [6, 6.07) is 0. The number of likely N-dealkylation sites (tertiary alicyclic amines) is 1. The minimum absolute atomic E-state index is 0.415. The lowest BCUT2D eigenvalue weighted by Gasteiger charge is -2.45. The molecule has 10 heteroatoms. The molecule has 1 heterocycles. The molecule has 0 saturated carbocycles. The van der Waals surface area contributed by atoms with Crippen molar-refractivity contribution in [3.8, 4) is 0 Å². The summed E-state index contributed by atoms with van der Waals surface area (Å²) < 4.78 is 0. The Hall–Kier alpha value is -1.30. The van der Waals surface area contributed by atoms with Gasteiger partial charge in [-0.1, -0.05) is 0 Å². The molecule has 1 aliphatic heterocycles. The molecule has 0 radical (unpaired) electrons. The van der Waals surface area contributed by atoms with Gasteiger partial charge in [-0.2, -0.15) is 0 Å². The summed E-state index contributed by atoms with van der Waals surface area (Å²) in [6.45, 7) is -1.61. The Morgan fingerprint density at radius 1 is 1.25 bits per heavy atom. The number of nitrogens with zero attached hydrogens (tertiary/aromatic N) is 1. The van der Waals surface area contributed by atoms with Crippen molar-refractivity contribution in [2.24, 2.45) is 5.92 Å². The predicted molar refractivity (Wildman–Crippen MR) is 60.4 cm³/mol. The van der Waals surface area contributed by atoms with Crippen molar-refractivity contribution in [1.82, 2.24) is 4.90 Å². The normalized spacial score (nSPS) is 32.4. The molecule has 0 unspecified atom stereocenters. The second kappa shape index (κ2) is 5.99. The minimum Gasteiger partial charge on any atom is -0.479 e. The summed E-state index contributed by atoms with van der Waals surface area (Å²) in [4.78, 5) is 22.5. The Labute approximate surface area is 113 Å². The molecule has 0 spiro atoms. The van der Waals surface area contributed by atoms with Gasteiger partial charge in [-0.05, 0) is 0 Å². The molecule has 1 aliphatic rings. The van der Waals surface area contributed by atoms with Crippen LogP contribution in [0.1, 0.15) is 0 Å². The number of piperidine rings is 1. The maximum Gasteiger partial charge on any atom is 0.355 e. The fourth-order valence-electron chi connectivity index (χ4n) is 2.15. The van der Waals surface area contributed by atoms with Crippen LogP contribution in [0.5, 0.6) is 0 Å². The molecule has 0 aromatic rings. The summed E-state index contributed by atoms with van der Waals surface area (Å²) in [5, 5.41) is 65.2. The van der Waals surface area contributed by atoms with Crippen LogP contribution in [-0.4, -0.2) is 96.3 Å². The number of hydrogen-bond donors (Lipinski definition) is 7. The van der Waals surface area contributed by atoms with Crippen molar-refractivity contribution in [2.45, 2.75) is 24.0 Å². The molecule has 0 aromatic heterocycles. The summed E-state index contributed by atoms with van der Waals surface area (Å²) >= 11 is 0. The average Bonchev–Trinajstić information content (AvgIpc) is 2.39. The van der Waals surface area contributed by atoms with Crippen LogP contribution in [0.25, 0.3) is 0 Å². The predicted octanol–water partition coefficient (Wildman–Crippen LogP) is -4.15. The quantitative estimate of drug-likeness (QED) is 0.263. The van der Waals surface area contributed by atoms with Crippen molar-refractivity contribution in [3.63, 3.8) is 0 Å². The van der Waals surface area contributed by atoms with Crippen LogP contribution in [0.4, 0.5) is 0 Å². The number of hydrogen-bond acceptors (Lipinski definition) is 8. The molecule has 0 aliphatic carbocycles. The van der Waals surface area contributed by atoms with Crippen molar-refractivity contribution < 1.29 is 45.3 Å². The van der Waals surface area contributed by atoms with Crippen molar-refractivity contribution in [1.29, 1.82) is 0 Å². The molecule has 20 heavy (non-hydrogen) atoms. The number of rotatable bonds is 5. The average molecular weight is 295 g/mol. The van der Waals surface area contributed by atoms with Crippen molar-refractivity contribution in [3.05, 3.63) is 0 Å². The zero-order valence-electron chi connectivity index (χ0n) is 10.3. The summed E-state index contributed by atoms with van der Waals surface area (Å²) in [5.41, 5.74) is -3.18. The smallest absolute Gasteiger partial charge is 0.355 e. The highest BCUT2D eigenvalue weighted by molar-refractivity contribution is 5.86. The molecule has 116 valence electrons. The Bertz CT molecular complexity index is 389. The molecule has 7 N–H and O–H groups in total. The van der Waals surface area contributed by atoms with E-state index in [1.54, 1.807) is 0 Å². The number of carboxylic acid groups (broad SMARTS) is 2. The summed E-state index contributed by atoms with van der Waals surface area (Å²) in [6.07, 6.45) is -5.52. The number of carboxylic acids is 2. The second-order valence-electron chi connectivity index (χ2n) is 4.68. The van der Waals surface area contributed by atoms with Gasteiger partial charge >= 0.3 is 11.9 Å². The van der Waals surface area contributed by atoms with Crippen LogP contribution in [0.3, 0.4) is 0 Å². The topological polar surface area (TPSA) is 179 Å². The Balaban J connectivity index is 3.10. The second-order valence-corrected chi connectivity index (χ2v) is 4.68. The SMILES string of the molecule is O=C(O)[C@H](O)[C@@](O)(C(=O)O)N1C[C@H](CO)[C@@H](O)[C@H](O)C1. The first-order chi connectivity index (χ1) is 9.16. The van der Waals surface area contributed by atoms with Gasteiger partial charge in [0.2, 0.25) is 6.10 Å². The highest BCUT2D eigenvalue weighted by Crippen LogP contribution is 2.26. The van der Waals surface area contributed by atoms with E-state index in [9.17, 15) is 30.0 Å². The lowest BCUT2D eigenvalue weighted by molar-refractivity contribution is -0.232. The number of carbonyl (C=O) groups is 2. The van der Waals surface area contributed by atoms with E-state index in [4.69, 9.17) is 15.3 Å². The summed E-state index contributed by atoms with van der Waals surface area (Å²) in [7, 11) is 0. The number of aliphatic hydroxyl groups excluding tert-OH is 4. The third-order valence-electron chi connectivity index (χ3n) is 3.39. The van der Waals surface area contributed by atoms with E-state index in [1.807, 2.05) is 0 Å². The van der Waals surface area contributed by atoms with Gasteiger partial charge in [-0.15, -0.1) is 0 Å². The standard InChI is InChI=1S/C10H17NO9/c12-3-4-1-11(2-5(13)6(4)14)10(20,9(18)19)7(15)8(16)17/h4-7,12-15,20H,1-3H2,(H,16,17)(H,18,19)/t4-,5-,6-,7+,10-/m1/s1. The minimum atomic E-state index is -3.18. The third-order valence-corrected chi connectivity index (χ3v) is 3.39. The molecular formula is C10H17NO9. The van der Waals surface area contributed by atoms with E-state index in [-0.39, 0.29) is 0 Å². The lowest BCUT2D eigenvalue weighted by atomic mass is 9.90. The largest absolute Gasteiger partial charge is 0.479 e. The van der Waals surface area contributed by atoms with E-state index >= 15 is 0 Å². The van der Waals surface area contributed by atoms with Gasteiger partial charge in [0, 0.05) is 25.6 Å². The van der Waals surface area contributed by atoms with Gasteiger partial charge in [0.15, 0.2) is 0 Å². The molecule has 0 aromatic carbocycles. The number of β-amino-alcohol motifs (C(OH)–C–C–N with tert-alkyl or cyclic N) is 1. The first-order valence-corrected chi connectivity index (χ1v) is 5.74. The molecule has 1 fully saturated rings. The van der Waals surface area contributed by atoms with E-state index in [0.717, 1.165) is 0 Å². The first-order valence-electron chi connectivity index (χ1n) is 5.74. The van der Waals surface area contributed by atoms with Crippen molar-refractivity contribution >= 4 is 11.9 Å². The van der Waals surface area contributed by atoms with Gasteiger partial charge in [0.1, 0.15) is 0 Å². The van der Waals surface area contributed by atoms with Crippen LogP contribution >= 0.6 is 0 Å². The van der Waals surface area contributed by atoms with Crippen molar-refractivity contribution in [2.75, 3.05) is 19.7 Å². The van der Waals surface area contributed by atoms with Gasteiger partial charge in [-0.3, -0.25) is 4.90 Å². The summed E-state index contributed by atoms with van der Waals surface area (Å²) in [5.74, 6) is -4.98. The van der Waals surface area contributed by atoms with Gasteiger partial charge in [-0.25, -0.2) is 9.59 Å². The fourth-order valence-corrected chi connectivity index (χ4v) is 2.15. The monoisotopic (exact) mass is 295 g/mol. The highest BCUT2D eigenvalue weighted by atomic mass is 16.5. The van der Waals surface area contributed by atoms with Crippen LogP contribution in [0.15, 0.2) is 0 Å². The van der Waals surface area contributed by atoms with Gasteiger partial charge < -0.3 is 35.7 Å². The molecule has 0 bridgehead atoms. The Kier molecular flexibility index (Phi) is 5.02. The Morgan fingerprint density at radius 3 is 2.20 bits per heavy atom. The molecule has 1 rings (SSSR count). The maximum atomic E-state index is 11.1. The van der Waals surface area contributed by atoms with Crippen LogP contribution in [0.2, 0.25) is 0 Å².